The number of hydrogen-bond acceptors (Lipinski definition) is 7. The number of aromatic nitrogens is 5. The third kappa shape index (κ3) is 4.74. The van der Waals surface area contributed by atoms with Crippen LogP contribution in [0.1, 0.15) is 46.0 Å². The fourth-order valence-corrected chi connectivity index (χ4v) is 4.16. The first kappa shape index (κ1) is 23.3. The predicted molar refractivity (Wildman–Crippen MR) is 119 cm³/mol. The molecule has 1 aromatic carbocycles. The summed E-state index contributed by atoms with van der Waals surface area (Å²) >= 11 is 1.48. The maximum absolute atomic E-state index is 13.1. The highest BCUT2D eigenvalue weighted by atomic mass is 32.1. The molecule has 8 nitrogen and oxygen atoms in total. The number of aryl methyl sites for hydroxylation is 2. The van der Waals surface area contributed by atoms with Gasteiger partial charge in [0.2, 0.25) is 5.82 Å². The van der Waals surface area contributed by atoms with Crippen LogP contribution in [0, 0.1) is 18.3 Å². The molecule has 1 N–H and O–H groups in total. The number of carbonyl (C=O) groups excluding carboxylic acids is 1. The number of carbonyl (C=O) groups is 1. The molecule has 0 spiro atoms. The van der Waals surface area contributed by atoms with Gasteiger partial charge < -0.3 is 5.32 Å². The molecule has 0 aliphatic carbocycles. The van der Waals surface area contributed by atoms with Crippen LogP contribution in [0.4, 0.5) is 13.2 Å². The van der Waals surface area contributed by atoms with Crippen molar-refractivity contribution in [3.8, 4) is 16.6 Å². The molecule has 1 atom stereocenters. The van der Waals surface area contributed by atoms with Crippen LogP contribution in [0.2, 0.25) is 0 Å². The molecule has 0 aliphatic rings. The molecular formula is C22H18F3N7OS. The lowest BCUT2D eigenvalue weighted by Gasteiger charge is -2.15. The molecule has 1 amide bonds. The minimum Gasteiger partial charge on any atom is -0.345 e. The Balaban J connectivity index is 1.67. The van der Waals surface area contributed by atoms with Crippen LogP contribution in [0.5, 0.6) is 0 Å². The standard InChI is InChI=1S/C22H18F3N7OS/c1-12-8-27-20(34-12)16-6-14(7-18-17(16)11-30-32(18)5-3-4-26)19(33)31-13(2)15-9-28-21(29-10-15)22(23,24)25/h6-11,13H,3,5H2,1-2H3,(H,31,33). The highest BCUT2D eigenvalue weighted by Crippen LogP contribution is 2.33. The molecule has 0 aliphatic heterocycles. The SMILES string of the molecule is Cc1cnc(-c2cc(C(=O)NC(C)c3cnc(C(F)(F)F)nc3)cc3c2cnn3CCC#N)s1. The van der Waals surface area contributed by atoms with Crippen molar-refractivity contribution in [1.82, 2.24) is 30.0 Å². The van der Waals surface area contributed by atoms with Crippen LogP contribution in [0.15, 0.2) is 36.9 Å². The van der Waals surface area contributed by atoms with Gasteiger partial charge in [0.15, 0.2) is 0 Å². The van der Waals surface area contributed by atoms with Crippen molar-refractivity contribution in [2.24, 2.45) is 0 Å². The van der Waals surface area contributed by atoms with Crippen molar-refractivity contribution in [1.29, 1.82) is 5.26 Å². The van der Waals surface area contributed by atoms with E-state index in [-0.39, 0.29) is 6.42 Å². The zero-order valence-corrected chi connectivity index (χ0v) is 18.9. The smallest absolute Gasteiger partial charge is 0.345 e. The van der Waals surface area contributed by atoms with Crippen LogP contribution in [0.3, 0.4) is 0 Å². The number of benzene rings is 1. The number of hydrogen-bond donors (Lipinski definition) is 1. The molecule has 0 radical (unpaired) electrons. The van der Waals surface area contributed by atoms with E-state index in [0.29, 0.717) is 23.2 Å². The Morgan fingerprint density at radius 1 is 1.21 bits per heavy atom. The maximum Gasteiger partial charge on any atom is 0.451 e. The fourth-order valence-electron chi connectivity index (χ4n) is 3.37. The zero-order valence-electron chi connectivity index (χ0n) is 18.1. The molecule has 0 saturated carbocycles. The Bertz CT molecular complexity index is 1390. The summed E-state index contributed by atoms with van der Waals surface area (Å²) in [4.78, 5) is 25.2. The van der Waals surface area contributed by atoms with Crippen molar-refractivity contribution in [2.45, 2.75) is 39.0 Å². The molecule has 4 aromatic rings. The van der Waals surface area contributed by atoms with E-state index in [9.17, 15) is 18.0 Å². The van der Waals surface area contributed by atoms with Gasteiger partial charge in [0.05, 0.1) is 36.8 Å². The number of nitriles is 1. The zero-order chi connectivity index (χ0) is 24.5. The van der Waals surface area contributed by atoms with Gasteiger partial charge in [-0.2, -0.15) is 23.5 Å². The number of fused-ring (bicyclic) bond motifs is 1. The van der Waals surface area contributed by atoms with Crippen LogP contribution in [-0.2, 0) is 12.7 Å². The Morgan fingerprint density at radius 3 is 2.56 bits per heavy atom. The molecule has 0 saturated heterocycles. The summed E-state index contributed by atoms with van der Waals surface area (Å²) in [5, 5.41) is 17.6. The van der Waals surface area contributed by atoms with Gasteiger partial charge in [-0.3, -0.25) is 9.48 Å². The maximum atomic E-state index is 13.1. The average molecular weight is 485 g/mol. The van der Waals surface area contributed by atoms with Crippen LogP contribution in [0.25, 0.3) is 21.5 Å². The van der Waals surface area contributed by atoms with Crippen LogP contribution < -0.4 is 5.32 Å². The van der Waals surface area contributed by atoms with E-state index in [4.69, 9.17) is 5.26 Å². The Hall–Kier alpha value is -3.85. The highest BCUT2D eigenvalue weighted by molar-refractivity contribution is 7.15. The van der Waals surface area contributed by atoms with Crippen LogP contribution >= 0.6 is 11.3 Å². The number of alkyl halides is 3. The van der Waals surface area contributed by atoms with Crippen molar-refractivity contribution >= 4 is 28.1 Å². The molecule has 3 aromatic heterocycles. The molecule has 12 heteroatoms. The average Bonchev–Trinajstić information content (AvgIpc) is 3.42. The second-order valence-electron chi connectivity index (χ2n) is 7.54. The number of thiazole rings is 1. The van der Waals surface area contributed by atoms with Crippen molar-refractivity contribution in [3.63, 3.8) is 0 Å². The summed E-state index contributed by atoms with van der Waals surface area (Å²) in [6, 6.07) is 4.83. The molecular weight excluding hydrogens is 467 g/mol. The number of halogens is 3. The first-order chi connectivity index (χ1) is 16.2. The second-order valence-corrected chi connectivity index (χ2v) is 8.78. The molecule has 1 unspecified atom stereocenters. The first-order valence-corrected chi connectivity index (χ1v) is 11.0. The largest absolute Gasteiger partial charge is 0.451 e. The molecule has 3 heterocycles. The van der Waals surface area contributed by atoms with E-state index in [1.165, 1.54) is 11.3 Å². The number of nitrogens with zero attached hydrogens (tertiary/aromatic N) is 6. The van der Waals surface area contributed by atoms with Gasteiger partial charge in [0.1, 0.15) is 5.01 Å². The number of rotatable bonds is 6. The minimum atomic E-state index is -4.64. The van der Waals surface area contributed by atoms with E-state index < -0.39 is 23.9 Å². The Morgan fingerprint density at radius 2 is 1.94 bits per heavy atom. The first-order valence-electron chi connectivity index (χ1n) is 10.2. The van der Waals surface area contributed by atoms with E-state index in [0.717, 1.165) is 33.2 Å². The van der Waals surface area contributed by atoms with Gasteiger partial charge in [-0.25, -0.2) is 15.0 Å². The second kappa shape index (κ2) is 9.18. The monoisotopic (exact) mass is 485 g/mol. The highest BCUT2D eigenvalue weighted by Gasteiger charge is 2.34. The minimum absolute atomic E-state index is 0.254. The molecule has 0 bridgehead atoms. The van der Waals surface area contributed by atoms with Crippen molar-refractivity contribution in [2.75, 3.05) is 0 Å². The van der Waals surface area contributed by atoms with Crippen molar-refractivity contribution in [3.05, 3.63) is 58.7 Å². The van der Waals surface area contributed by atoms with Gasteiger partial charge in [0, 0.05) is 45.5 Å². The van der Waals surface area contributed by atoms with E-state index in [1.807, 2.05) is 6.92 Å². The molecule has 0 fully saturated rings. The van der Waals surface area contributed by atoms with E-state index in [1.54, 1.807) is 36.1 Å². The number of amides is 1. The van der Waals surface area contributed by atoms with Gasteiger partial charge in [-0.05, 0) is 26.0 Å². The molecule has 34 heavy (non-hydrogen) atoms. The third-order valence-corrected chi connectivity index (χ3v) is 6.03. The topological polar surface area (TPSA) is 109 Å². The fraction of sp³-hybridized carbons (Fsp3) is 0.273. The van der Waals surface area contributed by atoms with Gasteiger partial charge in [0.25, 0.3) is 5.91 Å². The molecule has 174 valence electrons. The summed E-state index contributed by atoms with van der Waals surface area (Å²) in [7, 11) is 0. The lowest BCUT2D eigenvalue weighted by molar-refractivity contribution is -0.145. The van der Waals surface area contributed by atoms with Gasteiger partial charge >= 0.3 is 6.18 Å². The summed E-state index contributed by atoms with van der Waals surface area (Å²) < 4.78 is 39.8. The van der Waals surface area contributed by atoms with Crippen molar-refractivity contribution < 1.29 is 18.0 Å². The predicted octanol–water partition coefficient (Wildman–Crippen LogP) is 4.68. The molecule has 4 rings (SSSR count). The summed E-state index contributed by atoms with van der Waals surface area (Å²) in [5.41, 5.74) is 2.07. The summed E-state index contributed by atoms with van der Waals surface area (Å²) in [6.45, 7) is 3.92. The summed E-state index contributed by atoms with van der Waals surface area (Å²) in [6.07, 6.45) is 1.13. The quantitative estimate of drug-likeness (QED) is 0.425. The Kier molecular flexibility index (Phi) is 6.30. The number of nitrogens with one attached hydrogen (secondary N) is 1. The Labute approximate surface area is 196 Å². The van der Waals surface area contributed by atoms with Gasteiger partial charge in [-0.1, -0.05) is 0 Å². The van der Waals surface area contributed by atoms with E-state index >= 15 is 0 Å². The lowest BCUT2D eigenvalue weighted by atomic mass is 10.0. The lowest BCUT2D eigenvalue weighted by Crippen LogP contribution is -2.27. The normalized spacial score (nSPS) is 12.5. The summed E-state index contributed by atoms with van der Waals surface area (Å²) in [5.74, 6) is -1.67. The third-order valence-electron chi connectivity index (χ3n) is 5.08. The van der Waals surface area contributed by atoms with Gasteiger partial charge in [-0.15, -0.1) is 11.3 Å². The van der Waals surface area contributed by atoms with E-state index in [2.05, 4.69) is 31.4 Å². The van der Waals surface area contributed by atoms with Crippen LogP contribution in [-0.4, -0.2) is 30.6 Å².